The van der Waals surface area contributed by atoms with Crippen molar-refractivity contribution >= 4 is 5.82 Å². The van der Waals surface area contributed by atoms with Crippen LogP contribution in [-0.4, -0.2) is 21.7 Å². The van der Waals surface area contributed by atoms with E-state index in [0.29, 0.717) is 5.69 Å². The van der Waals surface area contributed by atoms with Crippen molar-refractivity contribution in [3.05, 3.63) is 46.4 Å². The molecule has 1 saturated carbocycles. The molecule has 110 valence electrons. The Morgan fingerprint density at radius 3 is 2.86 bits per heavy atom. The Balaban J connectivity index is 1.63. The number of aromatic nitrogens is 3. The van der Waals surface area contributed by atoms with Crippen molar-refractivity contribution in [1.82, 2.24) is 15.2 Å². The summed E-state index contributed by atoms with van der Waals surface area (Å²) in [6.45, 7) is 3.70. The first-order valence-electron chi connectivity index (χ1n) is 7.71. The van der Waals surface area contributed by atoms with Gasteiger partial charge in [0.1, 0.15) is 6.07 Å². The predicted molar refractivity (Wildman–Crippen MR) is 82.5 cm³/mol. The van der Waals surface area contributed by atoms with Crippen molar-refractivity contribution in [2.75, 3.05) is 11.4 Å². The monoisotopic (exact) mass is 291 g/mol. The van der Waals surface area contributed by atoms with Gasteiger partial charge >= 0.3 is 0 Å². The molecule has 0 radical (unpaired) electrons. The van der Waals surface area contributed by atoms with E-state index in [-0.39, 0.29) is 0 Å². The maximum atomic E-state index is 8.91. The predicted octanol–water partition coefficient (Wildman–Crippen LogP) is 2.49. The normalized spacial score (nSPS) is 17.0. The van der Waals surface area contributed by atoms with E-state index in [4.69, 9.17) is 5.26 Å². The largest absolute Gasteiger partial charge is 0.350 e. The molecular formula is C17H17N5. The minimum Gasteiger partial charge on any atom is -0.350 e. The van der Waals surface area contributed by atoms with Crippen molar-refractivity contribution in [2.24, 2.45) is 0 Å². The zero-order valence-corrected chi connectivity index (χ0v) is 12.6. The average molecular weight is 291 g/mol. The highest BCUT2D eigenvalue weighted by molar-refractivity contribution is 5.49. The molecule has 2 aromatic rings. The molecule has 22 heavy (non-hydrogen) atoms. The van der Waals surface area contributed by atoms with E-state index in [0.717, 1.165) is 36.8 Å². The van der Waals surface area contributed by atoms with Gasteiger partial charge in [-0.05, 0) is 48.4 Å². The molecule has 2 aliphatic rings. The summed E-state index contributed by atoms with van der Waals surface area (Å²) in [7, 11) is 0. The Morgan fingerprint density at radius 1 is 1.27 bits per heavy atom. The smallest absolute Gasteiger partial charge is 0.163 e. The first kappa shape index (κ1) is 13.2. The summed E-state index contributed by atoms with van der Waals surface area (Å²) >= 11 is 0. The van der Waals surface area contributed by atoms with Crippen LogP contribution < -0.4 is 4.90 Å². The van der Waals surface area contributed by atoms with Crippen molar-refractivity contribution in [3.63, 3.8) is 0 Å². The molecule has 1 fully saturated rings. The molecular weight excluding hydrogens is 274 g/mol. The summed E-state index contributed by atoms with van der Waals surface area (Å²) in [4.78, 5) is 6.89. The van der Waals surface area contributed by atoms with Crippen molar-refractivity contribution in [3.8, 4) is 6.07 Å². The van der Waals surface area contributed by atoms with Crippen LogP contribution in [0.4, 0.5) is 5.82 Å². The van der Waals surface area contributed by atoms with Gasteiger partial charge < -0.3 is 4.90 Å². The van der Waals surface area contributed by atoms with Crippen molar-refractivity contribution < 1.29 is 0 Å². The first-order chi connectivity index (χ1) is 10.7. The van der Waals surface area contributed by atoms with E-state index in [1.165, 1.54) is 29.7 Å². The van der Waals surface area contributed by atoms with Crippen LogP contribution >= 0.6 is 0 Å². The number of nitriles is 1. The Morgan fingerprint density at radius 2 is 2.14 bits per heavy atom. The third-order valence-corrected chi connectivity index (χ3v) is 4.48. The molecule has 0 atom stereocenters. The Hall–Kier alpha value is -2.48. The zero-order chi connectivity index (χ0) is 15.1. The van der Waals surface area contributed by atoms with E-state index in [9.17, 15) is 0 Å². The third kappa shape index (κ3) is 2.31. The molecule has 4 rings (SSSR count). The minimum absolute atomic E-state index is 0.372. The molecule has 5 nitrogen and oxygen atoms in total. The van der Waals surface area contributed by atoms with Gasteiger partial charge in [-0.2, -0.15) is 5.26 Å². The number of hydrogen-bond acceptors (Lipinski definition) is 5. The molecule has 0 N–H and O–H groups in total. The second-order valence-electron chi connectivity index (χ2n) is 6.17. The molecule has 0 spiro atoms. The summed E-state index contributed by atoms with van der Waals surface area (Å²) in [5.74, 6) is 1.60. The Labute approximate surface area is 129 Å². The number of nitrogens with zero attached hydrogens (tertiary/aromatic N) is 5. The van der Waals surface area contributed by atoms with Crippen LogP contribution in [0.25, 0.3) is 0 Å². The lowest BCUT2D eigenvalue weighted by molar-refractivity contribution is 0.690. The molecule has 1 aliphatic carbocycles. The fourth-order valence-corrected chi connectivity index (χ4v) is 3.11. The number of aryl methyl sites for hydroxylation is 1. The standard InChI is InChI=1S/C17H17N5/c1-11-6-15(8-18)20-21-17(11)22-5-4-16-14(10-22)7-13(9-19-16)12-2-3-12/h6-7,9,12H,2-5,10H2,1H3. The number of fused-ring (bicyclic) bond motifs is 1. The van der Waals surface area contributed by atoms with Gasteiger partial charge in [-0.25, -0.2) is 0 Å². The van der Waals surface area contributed by atoms with Gasteiger partial charge in [0, 0.05) is 31.4 Å². The van der Waals surface area contributed by atoms with Gasteiger partial charge in [-0.3, -0.25) is 4.98 Å². The number of hydrogen-bond donors (Lipinski definition) is 0. The molecule has 0 bridgehead atoms. The van der Waals surface area contributed by atoms with Gasteiger partial charge in [-0.1, -0.05) is 6.07 Å². The van der Waals surface area contributed by atoms with Crippen molar-refractivity contribution in [2.45, 2.75) is 38.6 Å². The zero-order valence-electron chi connectivity index (χ0n) is 12.6. The van der Waals surface area contributed by atoms with Crippen LogP contribution in [0.5, 0.6) is 0 Å². The van der Waals surface area contributed by atoms with E-state index >= 15 is 0 Å². The van der Waals surface area contributed by atoms with Crippen LogP contribution in [0.1, 0.15) is 46.8 Å². The van der Waals surface area contributed by atoms with E-state index in [1.807, 2.05) is 13.0 Å². The maximum Gasteiger partial charge on any atom is 0.163 e. The Bertz CT molecular complexity index is 773. The van der Waals surface area contributed by atoms with Gasteiger partial charge in [0.2, 0.25) is 0 Å². The molecule has 3 heterocycles. The van der Waals surface area contributed by atoms with Gasteiger partial charge in [-0.15, -0.1) is 10.2 Å². The van der Waals surface area contributed by atoms with E-state index < -0.39 is 0 Å². The summed E-state index contributed by atoms with van der Waals surface area (Å²) < 4.78 is 0. The summed E-state index contributed by atoms with van der Waals surface area (Å²) in [6, 6.07) is 6.16. The molecule has 2 aromatic heterocycles. The van der Waals surface area contributed by atoms with E-state index in [1.54, 1.807) is 6.07 Å². The lowest BCUT2D eigenvalue weighted by atomic mass is 10.0. The average Bonchev–Trinajstić information content (AvgIpc) is 3.38. The summed E-state index contributed by atoms with van der Waals surface area (Å²) in [6.07, 6.45) is 5.58. The fourth-order valence-electron chi connectivity index (χ4n) is 3.11. The van der Waals surface area contributed by atoms with Crippen LogP contribution in [0.15, 0.2) is 18.3 Å². The van der Waals surface area contributed by atoms with Crippen LogP contribution in [0, 0.1) is 18.3 Å². The first-order valence-corrected chi connectivity index (χ1v) is 7.71. The molecule has 5 heteroatoms. The Kier molecular flexibility index (Phi) is 3.04. The molecule has 0 unspecified atom stereocenters. The number of rotatable bonds is 2. The molecule has 1 aliphatic heterocycles. The SMILES string of the molecule is Cc1cc(C#N)nnc1N1CCc2ncc(C3CC3)cc2C1. The second-order valence-corrected chi connectivity index (χ2v) is 6.17. The van der Waals surface area contributed by atoms with Crippen LogP contribution in [-0.2, 0) is 13.0 Å². The van der Waals surface area contributed by atoms with Crippen LogP contribution in [0.2, 0.25) is 0 Å². The van der Waals surface area contributed by atoms with Gasteiger partial charge in [0.15, 0.2) is 11.5 Å². The number of pyridine rings is 1. The molecule has 0 amide bonds. The lowest BCUT2D eigenvalue weighted by Crippen LogP contribution is -2.32. The van der Waals surface area contributed by atoms with E-state index in [2.05, 4.69) is 32.3 Å². The van der Waals surface area contributed by atoms with Crippen molar-refractivity contribution in [1.29, 1.82) is 5.26 Å². The van der Waals surface area contributed by atoms with Crippen LogP contribution in [0.3, 0.4) is 0 Å². The topological polar surface area (TPSA) is 65.7 Å². The molecule has 0 saturated heterocycles. The summed E-state index contributed by atoms with van der Waals surface area (Å²) in [5.41, 5.74) is 5.27. The highest BCUT2D eigenvalue weighted by Crippen LogP contribution is 2.40. The highest BCUT2D eigenvalue weighted by atomic mass is 15.3. The third-order valence-electron chi connectivity index (χ3n) is 4.48. The maximum absolute atomic E-state index is 8.91. The van der Waals surface area contributed by atoms with Gasteiger partial charge in [0.25, 0.3) is 0 Å². The summed E-state index contributed by atoms with van der Waals surface area (Å²) in [5, 5.41) is 17.1. The lowest BCUT2D eigenvalue weighted by Gasteiger charge is -2.30. The second kappa shape index (κ2) is 5.06. The van der Waals surface area contributed by atoms with Gasteiger partial charge in [0.05, 0.1) is 0 Å². The number of anilines is 1. The molecule has 0 aromatic carbocycles. The minimum atomic E-state index is 0.372. The fraction of sp³-hybridized carbons (Fsp3) is 0.412. The quantitative estimate of drug-likeness (QED) is 0.850. The highest BCUT2D eigenvalue weighted by Gasteiger charge is 2.26.